The van der Waals surface area contributed by atoms with Crippen LogP contribution in [0.4, 0.5) is 0 Å². The summed E-state index contributed by atoms with van der Waals surface area (Å²) in [5.74, 6) is 0.732. The summed E-state index contributed by atoms with van der Waals surface area (Å²) in [6.45, 7) is 0. The van der Waals surface area contributed by atoms with Crippen molar-refractivity contribution in [1.29, 1.82) is 0 Å². The van der Waals surface area contributed by atoms with Gasteiger partial charge in [0, 0.05) is 0 Å². The molecule has 0 bridgehead atoms. The van der Waals surface area contributed by atoms with Gasteiger partial charge < -0.3 is 15.7 Å². The summed E-state index contributed by atoms with van der Waals surface area (Å²) >= 11 is 3.32. The van der Waals surface area contributed by atoms with Crippen LogP contribution in [-0.2, 0) is 0 Å². The molecular weight excluding hydrogens is 282 g/mol. The summed E-state index contributed by atoms with van der Waals surface area (Å²) in [4.78, 5) is 14.5. The highest BCUT2D eigenvalue weighted by molar-refractivity contribution is 9.10. The molecular formula is C11H10BrN5. The largest absolute Gasteiger partial charge is 0.345 e. The van der Waals surface area contributed by atoms with E-state index in [0.717, 1.165) is 27.0 Å². The zero-order chi connectivity index (χ0) is 11.8. The second-order valence-electron chi connectivity index (χ2n) is 3.77. The predicted octanol–water partition coefficient (Wildman–Crippen LogP) is 2.10. The van der Waals surface area contributed by atoms with Gasteiger partial charge in [-0.25, -0.2) is 9.97 Å². The zero-order valence-electron chi connectivity index (χ0n) is 8.81. The molecule has 86 valence electrons. The SMILES string of the molecule is NC(c1ccc2nc[nH]c2c1)c1ncc(Br)[nH]1. The Bertz CT molecular complexity index is 656. The highest BCUT2D eigenvalue weighted by Gasteiger charge is 2.13. The Morgan fingerprint density at radius 1 is 1.29 bits per heavy atom. The van der Waals surface area contributed by atoms with Gasteiger partial charge in [-0.05, 0) is 33.6 Å². The Labute approximate surface area is 106 Å². The molecule has 0 aliphatic heterocycles. The molecule has 0 aliphatic carbocycles. The van der Waals surface area contributed by atoms with Crippen LogP contribution in [-0.4, -0.2) is 19.9 Å². The molecule has 0 saturated carbocycles. The summed E-state index contributed by atoms with van der Waals surface area (Å²) in [5.41, 5.74) is 9.04. The fourth-order valence-corrected chi connectivity index (χ4v) is 2.08. The molecule has 0 radical (unpaired) electrons. The van der Waals surface area contributed by atoms with Gasteiger partial charge in [0.15, 0.2) is 0 Å². The molecule has 5 nitrogen and oxygen atoms in total. The number of fused-ring (bicyclic) bond motifs is 1. The number of nitrogens with one attached hydrogen (secondary N) is 2. The Hall–Kier alpha value is -1.66. The van der Waals surface area contributed by atoms with Crippen LogP contribution >= 0.6 is 15.9 Å². The zero-order valence-corrected chi connectivity index (χ0v) is 10.4. The van der Waals surface area contributed by atoms with Crippen molar-refractivity contribution in [3.05, 3.63) is 46.7 Å². The molecule has 1 aromatic carbocycles. The van der Waals surface area contributed by atoms with E-state index in [2.05, 4.69) is 35.9 Å². The van der Waals surface area contributed by atoms with E-state index in [1.54, 1.807) is 12.5 Å². The second-order valence-corrected chi connectivity index (χ2v) is 4.63. The molecule has 0 spiro atoms. The third-order valence-corrected chi connectivity index (χ3v) is 3.07. The number of nitrogens with zero attached hydrogens (tertiary/aromatic N) is 2. The van der Waals surface area contributed by atoms with Crippen LogP contribution in [0.2, 0.25) is 0 Å². The lowest BCUT2D eigenvalue weighted by atomic mass is 10.1. The number of hydrogen-bond acceptors (Lipinski definition) is 3. The smallest absolute Gasteiger partial charge is 0.128 e. The summed E-state index contributed by atoms with van der Waals surface area (Å²) in [6, 6.07) is 5.63. The minimum atomic E-state index is -0.269. The number of imidazole rings is 2. The average Bonchev–Trinajstić information content (AvgIpc) is 2.95. The highest BCUT2D eigenvalue weighted by Crippen LogP contribution is 2.21. The van der Waals surface area contributed by atoms with Gasteiger partial charge in [-0.3, -0.25) is 0 Å². The topological polar surface area (TPSA) is 83.4 Å². The highest BCUT2D eigenvalue weighted by atomic mass is 79.9. The van der Waals surface area contributed by atoms with E-state index in [4.69, 9.17) is 5.73 Å². The van der Waals surface area contributed by atoms with Gasteiger partial charge in [0.05, 0.1) is 29.6 Å². The van der Waals surface area contributed by atoms with Crippen molar-refractivity contribution < 1.29 is 0 Å². The van der Waals surface area contributed by atoms with Gasteiger partial charge in [0.2, 0.25) is 0 Å². The lowest BCUT2D eigenvalue weighted by Crippen LogP contribution is -2.13. The first kappa shape index (κ1) is 10.5. The van der Waals surface area contributed by atoms with E-state index in [1.807, 2.05) is 18.2 Å². The van der Waals surface area contributed by atoms with Crippen LogP contribution in [0, 0.1) is 0 Å². The van der Waals surface area contributed by atoms with E-state index in [1.165, 1.54) is 0 Å². The monoisotopic (exact) mass is 291 g/mol. The van der Waals surface area contributed by atoms with Crippen molar-refractivity contribution in [1.82, 2.24) is 19.9 Å². The Morgan fingerprint density at radius 2 is 2.18 bits per heavy atom. The maximum absolute atomic E-state index is 6.14. The fraction of sp³-hybridized carbons (Fsp3) is 0.0909. The molecule has 1 atom stereocenters. The number of halogens is 1. The molecule has 6 heteroatoms. The van der Waals surface area contributed by atoms with Crippen LogP contribution in [0.25, 0.3) is 11.0 Å². The fourth-order valence-electron chi connectivity index (χ4n) is 1.78. The number of aromatic nitrogens is 4. The minimum absolute atomic E-state index is 0.269. The van der Waals surface area contributed by atoms with Crippen molar-refractivity contribution in [2.24, 2.45) is 5.73 Å². The van der Waals surface area contributed by atoms with Gasteiger partial charge in [0.1, 0.15) is 10.4 Å². The van der Waals surface area contributed by atoms with E-state index in [0.29, 0.717) is 0 Å². The van der Waals surface area contributed by atoms with Crippen LogP contribution < -0.4 is 5.73 Å². The molecule has 2 aromatic heterocycles. The summed E-state index contributed by atoms with van der Waals surface area (Å²) in [5, 5.41) is 0. The number of benzene rings is 1. The first-order valence-electron chi connectivity index (χ1n) is 5.13. The molecule has 17 heavy (non-hydrogen) atoms. The van der Waals surface area contributed by atoms with Crippen LogP contribution in [0.3, 0.4) is 0 Å². The minimum Gasteiger partial charge on any atom is -0.345 e. The summed E-state index contributed by atoms with van der Waals surface area (Å²) < 4.78 is 0.825. The van der Waals surface area contributed by atoms with Gasteiger partial charge in [-0.1, -0.05) is 6.07 Å². The quantitative estimate of drug-likeness (QED) is 0.676. The molecule has 4 N–H and O–H groups in total. The van der Waals surface area contributed by atoms with Crippen LogP contribution in [0.1, 0.15) is 17.4 Å². The van der Waals surface area contributed by atoms with Crippen LogP contribution in [0.15, 0.2) is 35.3 Å². The van der Waals surface area contributed by atoms with Crippen molar-refractivity contribution in [2.75, 3.05) is 0 Å². The molecule has 3 rings (SSSR count). The summed E-state index contributed by atoms with van der Waals surface area (Å²) in [7, 11) is 0. The molecule has 0 amide bonds. The Morgan fingerprint density at radius 3 is 2.94 bits per heavy atom. The van der Waals surface area contributed by atoms with Crippen LogP contribution in [0.5, 0.6) is 0 Å². The second kappa shape index (κ2) is 3.97. The molecule has 3 aromatic rings. The Kier molecular flexibility index (Phi) is 2.45. The standard InChI is InChI=1S/C11H10BrN5/c12-9-4-14-11(17-9)10(13)6-1-2-7-8(3-6)16-5-15-7/h1-5,10H,13H2,(H,14,17)(H,15,16). The molecule has 0 aliphatic rings. The third kappa shape index (κ3) is 1.85. The first-order chi connectivity index (χ1) is 8.24. The van der Waals surface area contributed by atoms with E-state index < -0.39 is 0 Å². The maximum atomic E-state index is 6.14. The van der Waals surface area contributed by atoms with Gasteiger partial charge in [-0.15, -0.1) is 0 Å². The molecule has 2 heterocycles. The van der Waals surface area contributed by atoms with Gasteiger partial charge >= 0.3 is 0 Å². The van der Waals surface area contributed by atoms with Crippen molar-refractivity contribution in [3.8, 4) is 0 Å². The average molecular weight is 292 g/mol. The van der Waals surface area contributed by atoms with Crippen molar-refractivity contribution in [3.63, 3.8) is 0 Å². The lowest BCUT2D eigenvalue weighted by molar-refractivity contribution is 0.800. The van der Waals surface area contributed by atoms with E-state index >= 15 is 0 Å². The number of H-pyrrole nitrogens is 2. The molecule has 1 unspecified atom stereocenters. The number of nitrogens with two attached hydrogens (primary N) is 1. The van der Waals surface area contributed by atoms with Crippen molar-refractivity contribution in [2.45, 2.75) is 6.04 Å². The third-order valence-electron chi connectivity index (χ3n) is 2.66. The van der Waals surface area contributed by atoms with Gasteiger partial charge in [-0.2, -0.15) is 0 Å². The number of rotatable bonds is 2. The van der Waals surface area contributed by atoms with E-state index in [-0.39, 0.29) is 6.04 Å². The maximum Gasteiger partial charge on any atom is 0.128 e. The van der Waals surface area contributed by atoms with Crippen molar-refractivity contribution >= 4 is 27.0 Å². The van der Waals surface area contributed by atoms with Gasteiger partial charge in [0.25, 0.3) is 0 Å². The normalized spacial score (nSPS) is 13.1. The lowest BCUT2D eigenvalue weighted by Gasteiger charge is -2.08. The molecule has 0 saturated heterocycles. The number of hydrogen-bond donors (Lipinski definition) is 3. The first-order valence-corrected chi connectivity index (χ1v) is 5.92. The predicted molar refractivity (Wildman–Crippen MR) is 68.4 cm³/mol. The number of aromatic amines is 2. The van der Waals surface area contributed by atoms with E-state index in [9.17, 15) is 0 Å². The molecule has 0 fully saturated rings. The summed E-state index contributed by atoms with van der Waals surface area (Å²) in [6.07, 6.45) is 3.37. The Balaban J connectivity index is 2.02.